The second-order valence-electron chi connectivity index (χ2n) is 9.14. The number of carbonyl (C=O) groups is 2. The molecule has 0 radical (unpaired) electrons. The van der Waals surface area contributed by atoms with E-state index in [4.69, 9.17) is 4.98 Å². The minimum absolute atomic E-state index is 0.193. The Hall–Kier alpha value is -4.26. The highest BCUT2D eigenvalue weighted by molar-refractivity contribution is 7.10. The van der Waals surface area contributed by atoms with Crippen LogP contribution >= 0.6 is 11.3 Å². The molecule has 1 fully saturated rings. The van der Waals surface area contributed by atoms with Crippen molar-refractivity contribution < 1.29 is 32.4 Å². The topological polar surface area (TPSA) is 121 Å². The van der Waals surface area contributed by atoms with Crippen molar-refractivity contribution in [1.82, 2.24) is 25.3 Å². The average molecular weight is 558 g/mol. The van der Waals surface area contributed by atoms with Crippen LogP contribution in [0.5, 0.6) is 0 Å². The summed E-state index contributed by atoms with van der Waals surface area (Å²) in [5, 5.41) is 18.5. The second-order valence-corrected chi connectivity index (χ2v) is 10.00. The molecule has 2 amide bonds. The van der Waals surface area contributed by atoms with E-state index in [0.717, 1.165) is 16.3 Å². The van der Waals surface area contributed by atoms with E-state index in [1.165, 1.54) is 40.5 Å². The van der Waals surface area contributed by atoms with E-state index in [0.29, 0.717) is 25.9 Å². The standard InChI is InChI=1S/C26H22F3N5O4S/c27-26(28,29)22-32-20(33-38-22)17-7-4-8-18(13-17)21(35)30-15-25(9-11-34(12-10-25)24(36)37)23-31-19(14-39-23)16-5-2-1-3-6-16/h1-8,13-14H,9-12,15H2,(H,30,35)(H,36,37). The maximum atomic E-state index is 13.1. The molecule has 13 heteroatoms. The number of thiazole rings is 1. The average Bonchev–Trinajstić information content (AvgIpc) is 3.64. The van der Waals surface area contributed by atoms with Crippen LogP contribution in [0.1, 0.15) is 34.1 Å². The van der Waals surface area contributed by atoms with Crippen molar-refractivity contribution in [3.05, 3.63) is 76.4 Å². The van der Waals surface area contributed by atoms with Gasteiger partial charge in [-0.3, -0.25) is 4.79 Å². The Morgan fingerprint density at radius 1 is 1.05 bits per heavy atom. The van der Waals surface area contributed by atoms with Crippen molar-refractivity contribution in [2.24, 2.45) is 0 Å². The number of piperidine rings is 1. The number of amides is 2. The third-order valence-corrected chi connectivity index (χ3v) is 7.75. The first-order valence-corrected chi connectivity index (χ1v) is 12.8. The number of nitrogens with one attached hydrogen (secondary N) is 1. The lowest BCUT2D eigenvalue weighted by Crippen LogP contribution is -2.50. The molecular formula is C26H22F3N5O4S. The van der Waals surface area contributed by atoms with Crippen LogP contribution in [0, 0.1) is 0 Å². The first-order valence-electron chi connectivity index (χ1n) is 11.9. The van der Waals surface area contributed by atoms with Gasteiger partial charge in [0.25, 0.3) is 5.91 Å². The number of aromatic nitrogens is 3. The summed E-state index contributed by atoms with van der Waals surface area (Å²) in [4.78, 5) is 34.2. The minimum atomic E-state index is -4.78. The fraction of sp³-hybridized carbons (Fsp3) is 0.269. The van der Waals surface area contributed by atoms with Crippen molar-refractivity contribution in [3.63, 3.8) is 0 Å². The molecule has 2 N–H and O–H groups in total. The van der Waals surface area contributed by atoms with Crippen LogP contribution in [-0.4, -0.2) is 56.8 Å². The molecule has 9 nitrogen and oxygen atoms in total. The SMILES string of the molecule is O=C(NCC1(c2nc(-c3ccccc3)cs2)CCN(C(=O)O)CC1)c1cccc(-c2noc(C(F)(F)F)n2)c1. The smallest absolute Gasteiger partial charge is 0.465 e. The second kappa shape index (κ2) is 10.5. The molecule has 1 aliphatic rings. The Kier molecular flexibility index (Phi) is 7.08. The summed E-state index contributed by atoms with van der Waals surface area (Å²) >= 11 is 1.46. The molecule has 1 aliphatic heterocycles. The van der Waals surface area contributed by atoms with Crippen LogP contribution in [0.25, 0.3) is 22.6 Å². The molecule has 2 aromatic carbocycles. The summed E-state index contributed by atoms with van der Waals surface area (Å²) in [5.41, 5.74) is 1.56. The molecule has 0 aliphatic carbocycles. The Morgan fingerprint density at radius 3 is 2.44 bits per heavy atom. The molecule has 5 rings (SSSR count). The fourth-order valence-corrected chi connectivity index (χ4v) is 5.55. The van der Waals surface area contributed by atoms with Gasteiger partial charge >= 0.3 is 18.2 Å². The van der Waals surface area contributed by atoms with Crippen molar-refractivity contribution >= 4 is 23.3 Å². The van der Waals surface area contributed by atoms with Crippen molar-refractivity contribution in [2.75, 3.05) is 19.6 Å². The molecule has 2 aromatic heterocycles. The normalized spacial score (nSPS) is 15.2. The van der Waals surface area contributed by atoms with Crippen LogP contribution in [0.4, 0.5) is 18.0 Å². The van der Waals surface area contributed by atoms with Crippen molar-refractivity contribution in [3.8, 4) is 22.6 Å². The molecule has 0 unspecified atom stereocenters. The Labute approximate surface area is 224 Å². The number of rotatable bonds is 6. The van der Waals surface area contributed by atoms with Gasteiger partial charge in [0.2, 0.25) is 5.82 Å². The van der Waals surface area contributed by atoms with E-state index in [2.05, 4.69) is 20.0 Å². The summed E-state index contributed by atoms with van der Waals surface area (Å²) in [5.74, 6) is -2.21. The summed E-state index contributed by atoms with van der Waals surface area (Å²) in [6, 6.07) is 15.6. The molecule has 1 saturated heterocycles. The summed E-state index contributed by atoms with van der Waals surface area (Å²) < 4.78 is 42.8. The number of carboxylic acid groups (broad SMARTS) is 1. The van der Waals surface area contributed by atoms with Crippen molar-refractivity contribution in [1.29, 1.82) is 0 Å². The van der Waals surface area contributed by atoms with E-state index >= 15 is 0 Å². The quantitative estimate of drug-likeness (QED) is 0.329. The van der Waals surface area contributed by atoms with Crippen LogP contribution in [0.2, 0.25) is 0 Å². The number of likely N-dealkylation sites (tertiary alicyclic amines) is 1. The number of nitrogens with zero attached hydrogens (tertiary/aromatic N) is 4. The first-order chi connectivity index (χ1) is 18.6. The lowest BCUT2D eigenvalue weighted by molar-refractivity contribution is -0.159. The highest BCUT2D eigenvalue weighted by Crippen LogP contribution is 2.38. The third-order valence-electron chi connectivity index (χ3n) is 6.66. The van der Waals surface area contributed by atoms with E-state index < -0.39 is 29.5 Å². The van der Waals surface area contributed by atoms with Gasteiger partial charge in [-0.25, -0.2) is 9.78 Å². The molecule has 3 heterocycles. The highest BCUT2D eigenvalue weighted by Gasteiger charge is 2.41. The van der Waals surface area contributed by atoms with Gasteiger partial charge in [-0.1, -0.05) is 47.6 Å². The van der Waals surface area contributed by atoms with E-state index in [1.807, 2.05) is 35.7 Å². The Morgan fingerprint density at radius 2 is 1.77 bits per heavy atom. The Bertz CT molecular complexity index is 1480. The monoisotopic (exact) mass is 557 g/mol. The number of halogens is 3. The lowest BCUT2D eigenvalue weighted by atomic mass is 9.78. The molecule has 0 atom stereocenters. The Balaban J connectivity index is 1.36. The molecular weight excluding hydrogens is 535 g/mol. The van der Waals surface area contributed by atoms with Gasteiger partial charge in [0, 0.05) is 47.1 Å². The predicted molar refractivity (Wildman–Crippen MR) is 135 cm³/mol. The van der Waals surface area contributed by atoms with E-state index in [1.54, 1.807) is 0 Å². The van der Waals surface area contributed by atoms with Gasteiger partial charge in [0.1, 0.15) is 5.01 Å². The maximum Gasteiger partial charge on any atom is 0.471 e. The summed E-state index contributed by atoms with van der Waals surface area (Å²) in [6.07, 6.45) is -4.85. The molecule has 0 saturated carbocycles. The number of hydrogen-bond acceptors (Lipinski definition) is 7. The number of hydrogen-bond donors (Lipinski definition) is 2. The van der Waals surface area contributed by atoms with Gasteiger partial charge in [-0.15, -0.1) is 11.3 Å². The minimum Gasteiger partial charge on any atom is -0.465 e. The van der Waals surface area contributed by atoms with Crippen LogP contribution in [0.3, 0.4) is 0 Å². The lowest BCUT2D eigenvalue weighted by Gasteiger charge is -2.39. The van der Waals surface area contributed by atoms with Gasteiger partial charge in [0.15, 0.2) is 0 Å². The molecule has 202 valence electrons. The third kappa shape index (κ3) is 5.62. The molecule has 39 heavy (non-hydrogen) atoms. The van der Waals surface area contributed by atoms with Gasteiger partial charge < -0.3 is 19.8 Å². The summed E-state index contributed by atoms with van der Waals surface area (Å²) in [7, 11) is 0. The van der Waals surface area contributed by atoms with Crippen LogP contribution < -0.4 is 5.32 Å². The predicted octanol–water partition coefficient (Wildman–Crippen LogP) is 5.32. The number of benzene rings is 2. The van der Waals surface area contributed by atoms with Crippen molar-refractivity contribution in [2.45, 2.75) is 24.4 Å². The zero-order valence-electron chi connectivity index (χ0n) is 20.3. The molecule has 0 bridgehead atoms. The number of alkyl halides is 3. The molecule has 4 aromatic rings. The van der Waals surface area contributed by atoms with Crippen LogP contribution in [0.15, 0.2) is 64.5 Å². The zero-order chi connectivity index (χ0) is 27.6. The van der Waals surface area contributed by atoms with Crippen LogP contribution in [-0.2, 0) is 11.6 Å². The fourth-order valence-electron chi connectivity index (χ4n) is 4.46. The summed E-state index contributed by atoms with van der Waals surface area (Å²) in [6.45, 7) is 0.784. The maximum absolute atomic E-state index is 13.1. The molecule has 0 spiro atoms. The number of carbonyl (C=O) groups excluding carboxylic acids is 1. The van der Waals surface area contributed by atoms with E-state index in [9.17, 15) is 27.9 Å². The van der Waals surface area contributed by atoms with Gasteiger partial charge in [-0.05, 0) is 25.0 Å². The first kappa shape index (κ1) is 26.4. The highest BCUT2D eigenvalue weighted by atomic mass is 32.1. The van der Waals surface area contributed by atoms with Gasteiger partial charge in [0.05, 0.1) is 5.69 Å². The van der Waals surface area contributed by atoms with Gasteiger partial charge in [-0.2, -0.15) is 18.2 Å². The largest absolute Gasteiger partial charge is 0.471 e. The van der Waals surface area contributed by atoms with E-state index in [-0.39, 0.29) is 23.5 Å². The zero-order valence-corrected chi connectivity index (χ0v) is 21.1.